The van der Waals surface area contributed by atoms with Crippen LogP contribution in [-0.4, -0.2) is 16.0 Å². The molecule has 402 valence electrons. The Morgan fingerprint density at radius 2 is 1.29 bits per heavy atom. The highest BCUT2D eigenvalue weighted by molar-refractivity contribution is 7.79. The van der Waals surface area contributed by atoms with E-state index in [0.29, 0.717) is 11.4 Å². The molecule has 0 amide bonds. The summed E-state index contributed by atoms with van der Waals surface area (Å²) >= 11 is 4.66. The van der Waals surface area contributed by atoms with Crippen molar-refractivity contribution >= 4 is 85.4 Å². The average molecular weight is 1080 g/mol. The minimum Gasteiger partial charge on any atom is -0.309 e. The minimum absolute atomic E-state index is 0.0347. The van der Waals surface area contributed by atoms with Crippen LogP contribution >= 0.6 is 12.8 Å². The Morgan fingerprint density at radius 1 is 0.598 bits per heavy atom. The number of unbranched alkanes of at least 4 members (excludes halogenated alkanes) is 6. The number of rotatable bonds is 17. The highest BCUT2D eigenvalue weighted by Crippen LogP contribution is 2.55. The van der Waals surface area contributed by atoms with Crippen molar-refractivity contribution < 1.29 is 0 Å². The number of thiol groups is 1. The van der Waals surface area contributed by atoms with Crippen LogP contribution in [0.3, 0.4) is 0 Å². The molecule has 0 saturated heterocycles. The Balaban J connectivity index is 0.842. The van der Waals surface area contributed by atoms with E-state index in [1.165, 1.54) is 142 Å². The maximum atomic E-state index is 10.1. The van der Waals surface area contributed by atoms with E-state index in [1.54, 1.807) is 0 Å². The second-order valence-electron chi connectivity index (χ2n) is 23.1. The van der Waals surface area contributed by atoms with Crippen molar-refractivity contribution in [1.82, 2.24) is 4.57 Å². The molecule has 0 fully saturated rings. The van der Waals surface area contributed by atoms with Gasteiger partial charge in [0, 0.05) is 44.7 Å². The summed E-state index contributed by atoms with van der Waals surface area (Å²) in [5, 5.41) is 15.1. The lowest BCUT2D eigenvalue weighted by Gasteiger charge is -2.33. The third-order valence-corrected chi connectivity index (χ3v) is 18.6. The zero-order valence-corrected chi connectivity index (χ0v) is 47.9. The topological polar surface area (TPSA) is 44.4 Å². The van der Waals surface area contributed by atoms with Crippen LogP contribution in [0.1, 0.15) is 129 Å². The Labute approximate surface area is 488 Å². The van der Waals surface area contributed by atoms with E-state index in [1.807, 2.05) is 0 Å². The lowest BCUT2D eigenvalue weighted by Crippen LogP contribution is -2.30. The number of anilines is 2. The van der Waals surface area contributed by atoms with Gasteiger partial charge < -0.3 is 9.47 Å². The number of aromatic nitrogens is 1. The second-order valence-corrected chi connectivity index (χ2v) is 23.3. The number of nitrogens with one attached hydrogen (secondary N) is 1. The van der Waals surface area contributed by atoms with Gasteiger partial charge in [-0.05, 0) is 176 Å². The van der Waals surface area contributed by atoms with E-state index >= 15 is 0 Å². The summed E-state index contributed by atoms with van der Waals surface area (Å²) in [6.07, 6.45) is 24.8. The maximum absolute atomic E-state index is 10.1. The molecule has 14 rings (SSSR count). The van der Waals surface area contributed by atoms with Crippen molar-refractivity contribution in [2.75, 3.05) is 4.90 Å². The summed E-state index contributed by atoms with van der Waals surface area (Å²) in [4.78, 5) is 2.20. The van der Waals surface area contributed by atoms with E-state index < -0.39 is 0 Å². The summed E-state index contributed by atoms with van der Waals surface area (Å²) in [5.74, 6) is 0.119. The fraction of sp³-hybridized carbons (Fsp3) is 0.195. The number of allylic oxidation sites excluding steroid dienone is 7. The lowest BCUT2D eigenvalue weighted by molar-refractivity contribution is 0.401. The molecular formula is C77H68N4S. The zero-order chi connectivity index (χ0) is 55.3. The summed E-state index contributed by atoms with van der Waals surface area (Å²) < 4.78 is 7.11. The van der Waals surface area contributed by atoms with Gasteiger partial charge in [0.05, 0.1) is 16.7 Å². The summed E-state index contributed by atoms with van der Waals surface area (Å²) in [6, 6.07) is 71.8. The number of para-hydroxylation sites is 1. The third kappa shape index (κ3) is 8.75. The van der Waals surface area contributed by atoms with Crippen molar-refractivity contribution in [1.29, 1.82) is 5.41 Å². The smallest absolute Gasteiger partial charge is 0.106 e. The van der Waals surface area contributed by atoms with Crippen molar-refractivity contribution in [3.8, 4) is 27.9 Å². The Kier molecular flexibility index (Phi) is 13.7. The van der Waals surface area contributed by atoms with Crippen LogP contribution < -0.4 is 4.90 Å². The van der Waals surface area contributed by atoms with Crippen LogP contribution in [0, 0.1) is 5.41 Å². The summed E-state index contributed by atoms with van der Waals surface area (Å²) in [6.45, 7) is 4.63. The predicted octanol–water partition coefficient (Wildman–Crippen LogP) is 21.2. The molecule has 0 saturated carbocycles. The van der Waals surface area contributed by atoms with E-state index in [4.69, 9.17) is 0 Å². The van der Waals surface area contributed by atoms with Gasteiger partial charge in [0.25, 0.3) is 0 Å². The number of benzene rings is 9. The van der Waals surface area contributed by atoms with E-state index in [-0.39, 0.29) is 11.3 Å². The van der Waals surface area contributed by atoms with Crippen LogP contribution in [0.25, 0.3) is 77.7 Å². The molecule has 0 radical (unpaired) electrons. The maximum Gasteiger partial charge on any atom is 0.106 e. The molecule has 4 aliphatic rings. The highest BCUT2D eigenvalue weighted by Gasteiger charge is 2.42. The molecule has 0 spiro atoms. The van der Waals surface area contributed by atoms with E-state index in [9.17, 15) is 5.41 Å². The molecule has 0 bridgehead atoms. The van der Waals surface area contributed by atoms with E-state index in [0.717, 1.165) is 56.7 Å². The van der Waals surface area contributed by atoms with Gasteiger partial charge in [0.1, 0.15) is 11.4 Å². The molecule has 1 heterocycles. The normalized spacial score (nSPS) is 16.1. The van der Waals surface area contributed by atoms with Gasteiger partial charge in [-0.3, -0.25) is 5.41 Å². The standard InChI is InChI=1S/C77H68N4S/c1-3-5-7-16-46-77(47-17-8-6-4-2)68-28-14-12-25-62(68)66-50-60(41-43-69(66)77)81-70-29-15-13-26-63(70)67-48-56(36-44-71(67)81)61-42-45-72(75(78)76(61)79-82)80(58-37-32-52(33-38-58)51-20-10-9-11-21-51)59-39-34-53(35-40-59)65-49-57-24-18-22-54-30-31-55-23-19-27-64(65)74(55)73(54)57/h9-15,18-23,25-45,48-50,65,78,82H,3-8,16-17,24,46-47H2,1-2H3/b78-75?,79-76-. The summed E-state index contributed by atoms with van der Waals surface area (Å²) in [5.41, 5.74) is 23.6. The molecule has 1 unspecified atom stereocenters. The third-order valence-electron chi connectivity index (χ3n) is 18.4. The van der Waals surface area contributed by atoms with Crippen LogP contribution in [0.5, 0.6) is 0 Å². The van der Waals surface area contributed by atoms with Crippen molar-refractivity contribution in [2.24, 2.45) is 4.40 Å². The first-order valence-electron chi connectivity index (χ1n) is 30.0. The molecule has 82 heavy (non-hydrogen) atoms. The van der Waals surface area contributed by atoms with Crippen molar-refractivity contribution in [2.45, 2.75) is 95.8 Å². The molecule has 4 nitrogen and oxygen atoms in total. The minimum atomic E-state index is 0.0347. The fourth-order valence-electron chi connectivity index (χ4n) is 14.5. The zero-order valence-electron chi connectivity index (χ0n) is 47.0. The molecule has 9 aromatic carbocycles. The fourth-order valence-corrected chi connectivity index (χ4v) is 14.7. The molecular weight excluding hydrogens is 1010 g/mol. The number of fused-ring (bicyclic) bond motifs is 6. The van der Waals surface area contributed by atoms with Gasteiger partial charge in [0.15, 0.2) is 0 Å². The summed E-state index contributed by atoms with van der Waals surface area (Å²) in [7, 11) is 0. The second kappa shape index (κ2) is 21.8. The van der Waals surface area contributed by atoms with Crippen molar-refractivity contribution in [3.05, 3.63) is 263 Å². The molecule has 4 aliphatic carbocycles. The predicted molar refractivity (Wildman–Crippen MR) is 353 cm³/mol. The highest BCUT2D eigenvalue weighted by atomic mass is 32.1. The molecule has 0 aliphatic heterocycles. The Bertz CT molecular complexity index is 4290. The first-order chi connectivity index (χ1) is 40.5. The molecule has 1 atom stereocenters. The largest absolute Gasteiger partial charge is 0.309 e. The Hall–Kier alpha value is -8.51. The lowest BCUT2D eigenvalue weighted by atomic mass is 9.70. The number of hydrogen-bond acceptors (Lipinski definition) is 4. The number of hydrogen-bond donors (Lipinski definition) is 2. The first kappa shape index (κ1) is 51.6. The van der Waals surface area contributed by atoms with Gasteiger partial charge in [-0.1, -0.05) is 223 Å². The monoisotopic (exact) mass is 1080 g/mol. The van der Waals surface area contributed by atoms with Crippen molar-refractivity contribution in [3.63, 3.8) is 0 Å². The molecule has 5 heteroatoms. The van der Waals surface area contributed by atoms with Crippen LogP contribution in [-0.2, 0) is 5.41 Å². The molecule has 1 aromatic heterocycles. The van der Waals surface area contributed by atoms with Gasteiger partial charge in [-0.25, -0.2) is 4.40 Å². The Morgan fingerprint density at radius 3 is 2.07 bits per heavy atom. The van der Waals surface area contributed by atoms with Gasteiger partial charge >= 0.3 is 0 Å². The first-order valence-corrected chi connectivity index (χ1v) is 30.4. The average Bonchev–Trinajstić information content (AvgIpc) is 4.24. The van der Waals surface area contributed by atoms with Crippen LogP contribution in [0.2, 0.25) is 0 Å². The SMILES string of the molecule is CCCCCCC1(CCCCCC)c2ccccc2-c2cc(-n3c4ccccc4c4cc(C5=CC=C(N(c6ccc(-c7ccccc7)cc6)c6ccc(C7C=C8CC=Cc9ccc%10cccc7c%10c98)cc6)C(=N)/C5=N\S)ccc43)ccc21. The van der Waals surface area contributed by atoms with Crippen LogP contribution in [0.15, 0.2) is 229 Å². The number of nitrogens with zero attached hydrogens (tertiary/aromatic N) is 3. The van der Waals surface area contributed by atoms with E-state index in [2.05, 4.69) is 265 Å². The molecule has 1 N–H and O–H groups in total. The van der Waals surface area contributed by atoms with Gasteiger partial charge in [-0.2, -0.15) is 0 Å². The quantitative estimate of drug-likeness (QED) is 0.0533. The molecule has 10 aromatic rings. The van der Waals surface area contributed by atoms with Crippen LogP contribution in [0.4, 0.5) is 11.4 Å². The van der Waals surface area contributed by atoms with Gasteiger partial charge in [-0.15, -0.1) is 0 Å². The van der Waals surface area contributed by atoms with Gasteiger partial charge in [0.2, 0.25) is 0 Å².